The van der Waals surface area contributed by atoms with Crippen molar-refractivity contribution in [1.29, 1.82) is 0 Å². The van der Waals surface area contributed by atoms with Crippen molar-refractivity contribution in [2.45, 2.75) is 52.1 Å². The Kier molecular flexibility index (Phi) is 4.71. The number of ether oxygens (including phenoxy) is 1. The monoisotopic (exact) mass is 276 g/mol. The number of hydrogen-bond donors (Lipinski definition) is 2. The van der Waals surface area contributed by atoms with Crippen LogP contribution < -0.4 is 15.8 Å². The lowest BCUT2D eigenvalue weighted by atomic mass is 9.91. The third-order valence-electron chi connectivity index (χ3n) is 4.46. The lowest BCUT2D eigenvalue weighted by Gasteiger charge is -2.24. The quantitative estimate of drug-likeness (QED) is 0.868. The Hall–Kier alpha value is -1.06. The Bertz CT molecular complexity index is 456. The first kappa shape index (κ1) is 15.3. The number of nitrogens with two attached hydrogens (primary N) is 1. The lowest BCUT2D eigenvalue weighted by Crippen LogP contribution is -2.35. The summed E-state index contributed by atoms with van der Waals surface area (Å²) in [4.78, 5) is 0. The van der Waals surface area contributed by atoms with Crippen molar-refractivity contribution >= 4 is 0 Å². The topological polar surface area (TPSA) is 47.3 Å². The van der Waals surface area contributed by atoms with E-state index in [-0.39, 0.29) is 6.04 Å². The molecule has 2 atom stereocenters. The van der Waals surface area contributed by atoms with Crippen LogP contribution in [0.3, 0.4) is 0 Å². The highest BCUT2D eigenvalue weighted by molar-refractivity contribution is 5.37. The summed E-state index contributed by atoms with van der Waals surface area (Å²) in [5, 5.41) is 3.74. The summed E-state index contributed by atoms with van der Waals surface area (Å²) in [5.74, 6) is 0.937. The van der Waals surface area contributed by atoms with Crippen molar-refractivity contribution in [3.8, 4) is 5.75 Å². The van der Waals surface area contributed by atoms with Gasteiger partial charge in [0.2, 0.25) is 0 Å². The van der Waals surface area contributed by atoms with E-state index in [1.807, 2.05) is 6.07 Å². The van der Waals surface area contributed by atoms with Crippen LogP contribution in [0.25, 0.3) is 0 Å². The van der Waals surface area contributed by atoms with E-state index in [0.29, 0.717) is 18.0 Å². The molecule has 0 spiro atoms. The third kappa shape index (κ3) is 3.53. The summed E-state index contributed by atoms with van der Waals surface area (Å²) < 4.78 is 5.32. The maximum absolute atomic E-state index is 5.98. The highest BCUT2D eigenvalue weighted by Crippen LogP contribution is 2.37. The van der Waals surface area contributed by atoms with E-state index in [0.717, 1.165) is 11.3 Å². The predicted octanol–water partition coefficient (Wildman–Crippen LogP) is 3.17. The van der Waals surface area contributed by atoms with Crippen LogP contribution in [0.15, 0.2) is 18.2 Å². The van der Waals surface area contributed by atoms with E-state index in [1.165, 1.54) is 24.8 Å². The maximum Gasteiger partial charge on any atom is 0.121 e. The van der Waals surface area contributed by atoms with Gasteiger partial charge >= 0.3 is 0 Å². The van der Waals surface area contributed by atoms with Crippen molar-refractivity contribution in [3.05, 3.63) is 29.3 Å². The molecule has 0 saturated heterocycles. The molecule has 3 nitrogen and oxygen atoms in total. The number of benzene rings is 1. The maximum atomic E-state index is 5.98. The van der Waals surface area contributed by atoms with Gasteiger partial charge in [-0.1, -0.05) is 26.0 Å². The molecule has 1 aliphatic rings. The van der Waals surface area contributed by atoms with Gasteiger partial charge in [0.15, 0.2) is 0 Å². The van der Waals surface area contributed by atoms with Gasteiger partial charge in [-0.2, -0.15) is 0 Å². The Balaban J connectivity index is 2.07. The fourth-order valence-electron chi connectivity index (χ4n) is 3.28. The molecular weight excluding hydrogens is 248 g/mol. The minimum absolute atomic E-state index is 0.235. The van der Waals surface area contributed by atoms with Gasteiger partial charge in [-0.05, 0) is 48.8 Å². The molecular formula is C17H28N2O. The predicted molar refractivity (Wildman–Crippen MR) is 84.1 cm³/mol. The molecule has 3 heteroatoms. The molecule has 0 amide bonds. The van der Waals surface area contributed by atoms with Gasteiger partial charge < -0.3 is 15.8 Å². The van der Waals surface area contributed by atoms with E-state index in [9.17, 15) is 0 Å². The smallest absolute Gasteiger partial charge is 0.121 e. The highest BCUT2D eigenvalue weighted by atomic mass is 16.5. The molecule has 0 bridgehead atoms. The molecule has 1 aromatic carbocycles. The van der Waals surface area contributed by atoms with Gasteiger partial charge in [-0.25, -0.2) is 0 Å². The molecule has 0 heterocycles. The Morgan fingerprint density at radius 2 is 2.20 bits per heavy atom. The molecule has 1 saturated carbocycles. The fourth-order valence-corrected chi connectivity index (χ4v) is 3.28. The summed E-state index contributed by atoms with van der Waals surface area (Å²) in [6.07, 6.45) is 3.78. The van der Waals surface area contributed by atoms with Gasteiger partial charge in [0.1, 0.15) is 5.75 Å². The molecule has 3 N–H and O–H groups in total. The lowest BCUT2D eigenvalue weighted by molar-refractivity contribution is 0.353. The van der Waals surface area contributed by atoms with Crippen LogP contribution in [0.1, 0.15) is 50.3 Å². The molecule has 0 radical (unpaired) electrons. The van der Waals surface area contributed by atoms with Gasteiger partial charge in [0, 0.05) is 18.6 Å². The minimum atomic E-state index is 0.235. The highest BCUT2D eigenvalue weighted by Gasteiger charge is 2.31. The number of nitrogens with one attached hydrogen (secondary N) is 1. The second-order valence-corrected chi connectivity index (χ2v) is 6.79. The molecule has 1 aromatic rings. The summed E-state index contributed by atoms with van der Waals surface area (Å²) in [6.45, 7) is 7.41. The van der Waals surface area contributed by atoms with E-state index < -0.39 is 0 Å². The molecule has 112 valence electrons. The standard InChI is InChI=1S/C17H28N2O/c1-12-9-13(5-6-16(12)20-4)15(11-18)19-14-7-8-17(2,3)10-14/h5-6,9,14-15,19H,7-8,10-11,18H2,1-4H3. The van der Waals surface area contributed by atoms with Crippen LogP contribution in [0, 0.1) is 12.3 Å². The third-order valence-corrected chi connectivity index (χ3v) is 4.46. The fraction of sp³-hybridized carbons (Fsp3) is 0.647. The largest absolute Gasteiger partial charge is 0.496 e. The van der Waals surface area contributed by atoms with Crippen LogP contribution in [0.5, 0.6) is 5.75 Å². The average molecular weight is 276 g/mol. The van der Waals surface area contributed by atoms with Crippen molar-refractivity contribution in [3.63, 3.8) is 0 Å². The van der Waals surface area contributed by atoms with Crippen LogP contribution in [0.4, 0.5) is 0 Å². The van der Waals surface area contributed by atoms with Crippen LogP contribution >= 0.6 is 0 Å². The molecule has 20 heavy (non-hydrogen) atoms. The summed E-state index contributed by atoms with van der Waals surface area (Å²) in [6, 6.07) is 7.16. The number of hydrogen-bond acceptors (Lipinski definition) is 3. The van der Waals surface area contributed by atoms with Crippen LogP contribution in [-0.4, -0.2) is 19.7 Å². The molecule has 1 fully saturated rings. The average Bonchev–Trinajstić information content (AvgIpc) is 2.75. The number of rotatable bonds is 5. The zero-order valence-corrected chi connectivity index (χ0v) is 13.2. The Morgan fingerprint density at radius 1 is 1.45 bits per heavy atom. The van der Waals surface area contributed by atoms with Crippen molar-refractivity contribution in [2.75, 3.05) is 13.7 Å². The van der Waals surface area contributed by atoms with Crippen molar-refractivity contribution in [1.82, 2.24) is 5.32 Å². The second-order valence-electron chi connectivity index (χ2n) is 6.79. The van der Waals surface area contributed by atoms with E-state index in [1.54, 1.807) is 7.11 Å². The zero-order valence-electron chi connectivity index (χ0n) is 13.2. The molecule has 1 aliphatic carbocycles. The molecule has 0 aromatic heterocycles. The second kappa shape index (κ2) is 6.15. The Labute approximate surface area is 122 Å². The summed E-state index contributed by atoms with van der Waals surface area (Å²) in [5.41, 5.74) is 8.87. The number of aryl methyl sites for hydroxylation is 1. The summed E-state index contributed by atoms with van der Waals surface area (Å²) in [7, 11) is 1.71. The van der Waals surface area contributed by atoms with E-state index in [4.69, 9.17) is 10.5 Å². The van der Waals surface area contributed by atoms with Crippen molar-refractivity contribution in [2.24, 2.45) is 11.1 Å². The SMILES string of the molecule is COc1ccc(C(CN)NC2CCC(C)(C)C2)cc1C. The zero-order chi connectivity index (χ0) is 14.8. The van der Waals surface area contributed by atoms with Crippen LogP contribution in [-0.2, 0) is 0 Å². The first-order valence-electron chi connectivity index (χ1n) is 7.56. The van der Waals surface area contributed by atoms with Gasteiger partial charge in [0.05, 0.1) is 7.11 Å². The minimum Gasteiger partial charge on any atom is -0.496 e. The van der Waals surface area contributed by atoms with Gasteiger partial charge in [-0.15, -0.1) is 0 Å². The summed E-state index contributed by atoms with van der Waals surface area (Å²) >= 11 is 0. The number of methoxy groups -OCH3 is 1. The van der Waals surface area contributed by atoms with Gasteiger partial charge in [-0.3, -0.25) is 0 Å². The normalized spacial score (nSPS) is 22.8. The van der Waals surface area contributed by atoms with E-state index >= 15 is 0 Å². The first-order chi connectivity index (χ1) is 9.45. The van der Waals surface area contributed by atoms with E-state index in [2.05, 4.69) is 38.2 Å². The molecule has 2 unspecified atom stereocenters. The van der Waals surface area contributed by atoms with Gasteiger partial charge in [0.25, 0.3) is 0 Å². The van der Waals surface area contributed by atoms with Crippen molar-refractivity contribution < 1.29 is 4.74 Å². The first-order valence-corrected chi connectivity index (χ1v) is 7.56. The van der Waals surface area contributed by atoms with Crippen LogP contribution in [0.2, 0.25) is 0 Å². The molecule has 0 aliphatic heterocycles. The Morgan fingerprint density at radius 3 is 2.70 bits per heavy atom. The molecule has 2 rings (SSSR count).